The van der Waals surface area contributed by atoms with Gasteiger partial charge in [-0.1, -0.05) is 5.16 Å². The maximum Gasteiger partial charge on any atom is 0.228 e. The highest BCUT2D eigenvalue weighted by molar-refractivity contribution is 7.09. The van der Waals surface area contributed by atoms with Crippen molar-refractivity contribution in [2.75, 3.05) is 6.54 Å². The van der Waals surface area contributed by atoms with Gasteiger partial charge >= 0.3 is 0 Å². The third-order valence-electron chi connectivity index (χ3n) is 3.10. The Balaban J connectivity index is 1.41. The van der Waals surface area contributed by atoms with Crippen LogP contribution in [-0.2, 0) is 17.6 Å². The Kier molecular flexibility index (Phi) is 3.77. The minimum absolute atomic E-state index is 0.0303. The van der Waals surface area contributed by atoms with E-state index in [0.717, 1.165) is 29.4 Å². The fraction of sp³-hybridized carbons (Fsp3) is 0.538. The van der Waals surface area contributed by atoms with Crippen molar-refractivity contribution in [3.63, 3.8) is 0 Å². The summed E-state index contributed by atoms with van der Waals surface area (Å²) in [5.41, 5.74) is 0.818. The van der Waals surface area contributed by atoms with Crippen LogP contribution in [0.4, 0.5) is 0 Å². The summed E-state index contributed by atoms with van der Waals surface area (Å²) in [6, 6.07) is 0. The number of nitrogens with zero attached hydrogens (tertiary/aromatic N) is 3. The van der Waals surface area contributed by atoms with Gasteiger partial charge in [-0.2, -0.15) is 4.98 Å². The topological polar surface area (TPSA) is 80.9 Å². The molecule has 1 amide bonds. The van der Waals surface area contributed by atoms with Crippen molar-refractivity contribution in [2.45, 2.75) is 38.5 Å². The highest BCUT2D eigenvalue weighted by atomic mass is 32.1. The van der Waals surface area contributed by atoms with Crippen LogP contribution in [0.15, 0.2) is 9.90 Å². The Labute approximate surface area is 120 Å². The van der Waals surface area contributed by atoms with Crippen LogP contribution < -0.4 is 5.32 Å². The van der Waals surface area contributed by atoms with Gasteiger partial charge in [-0.15, -0.1) is 11.3 Å². The van der Waals surface area contributed by atoms with Crippen molar-refractivity contribution < 1.29 is 9.32 Å². The van der Waals surface area contributed by atoms with Crippen molar-refractivity contribution in [2.24, 2.45) is 0 Å². The molecule has 1 N–H and O–H groups in total. The van der Waals surface area contributed by atoms with E-state index in [4.69, 9.17) is 4.52 Å². The number of carbonyl (C=O) groups is 1. The highest BCUT2D eigenvalue weighted by Crippen LogP contribution is 2.38. The van der Waals surface area contributed by atoms with E-state index in [9.17, 15) is 4.79 Å². The standard InChI is InChI=1S/C13H16N4O2S/c1-8-15-10(7-20-8)6-11(18)14-5-4-12-16-13(17-19-12)9-2-3-9/h7,9H,2-6H2,1H3,(H,14,18). The molecule has 0 radical (unpaired) electrons. The summed E-state index contributed by atoms with van der Waals surface area (Å²) >= 11 is 1.55. The molecule has 7 heteroatoms. The SMILES string of the molecule is Cc1nc(CC(=O)NCCc2nc(C3CC3)no2)cs1. The van der Waals surface area contributed by atoms with Crippen LogP contribution in [0.3, 0.4) is 0 Å². The molecule has 0 aromatic carbocycles. The van der Waals surface area contributed by atoms with Gasteiger partial charge in [-0.25, -0.2) is 4.98 Å². The Bertz CT molecular complexity index is 603. The summed E-state index contributed by atoms with van der Waals surface area (Å²) in [6.45, 7) is 2.44. The van der Waals surface area contributed by atoms with Crippen molar-refractivity contribution in [3.05, 3.63) is 27.8 Å². The lowest BCUT2D eigenvalue weighted by molar-refractivity contribution is -0.120. The summed E-state index contributed by atoms with van der Waals surface area (Å²) in [6.07, 6.45) is 3.20. The first kappa shape index (κ1) is 13.2. The first-order valence-corrected chi connectivity index (χ1v) is 7.59. The molecule has 1 saturated carbocycles. The summed E-state index contributed by atoms with van der Waals surface area (Å²) < 4.78 is 5.15. The molecule has 6 nitrogen and oxygen atoms in total. The third-order valence-corrected chi connectivity index (χ3v) is 3.92. The van der Waals surface area contributed by atoms with Crippen molar-refractivity contribution in [1.82, 2.24) is 20.4 Å². The van der Waals surface area contributed by atoms with Gasteiger partial charge in [-0.3, -0.25) is 4.79 Å². The summed E-state index contributed by atoms with van der Waals surface area (Å²) in [5, 5.41) is 9.67. The maximum atomic E-state index is 11.7. The number of aryl methyl sites for hydroxylation is 1. The van der Waals surface area contributed by atoms with E-state index in [-0.39, 0.29) is 5.91 Å². The van der Waals surface area contributed by atoms with E-state index >= 15 is 0 Å². The zero-order chi connectivity index (χ0) is 13.9. The lowest BCUT2D eigenvalue weighted by Crippen LogP contribution is -2.27. The molecule has 2 aromatic heterocycles. The van der Waals surface area contributed by atoms with Gasteiger partial charge in [0.15, 0.2) is 5.82 Å². The molecule has 2 heterocycles. The maximum absolute atomic E-state index is 11.7. The Morgan fingerprint density at radius 3 is 3.05 bits per heavy atom. The van der Waals surface area contributed by atoms with Crippen LogP contribution in [0.1, 0.15) is 41.2 Å². The van der Waals surface area contributed by atoms with Crippen molar-refractivity contribution >= 4 is 17.2 Å². The summed E-state index contributed by atoms with van der Waals surface area (Å²) in [7, 11) is 0. The minimum atomic E-state index is -0.0303. The van der Waals surface area contributed by atoms with Gasteiger partial charge in [0.1, 0.15) is 0 Å². The Morgan fingerprint density at radius 1 is 1.50 bits per heavy atom. The van der Waals surface area contributed by atoms with Crippen molar-refractivity contribution in [3.8, 4) is 0 Å². The largest absolute Gasteiger partial charge is 0.355 e. The average molecular weight is 292 g/mol. The van der Waals surface area contributed by atoms with Crippen LogP contribution >= 0.6 is 11.3 Å². The molecule has 0 spiro atoms. The number of aromatic nitrogens is 3. The molecule has 1 aliphatic rings. The van der Waals surface area contributed by atoms with E-state index in [1.54, 1.807) is 11.3 Å². The number of rotatable bonds is 6. The van der Waals surface area contributed by atoms with Crippen LogP contribution in [0, 0.1) is 6.92 Å². The molecule has 1 fully saturated rings. The fourth-order valence-corrected chi connectivity index (χ4v) is 2.51. The zero-order valence-electron chi connectivity index (χ0n) is 11.3. The predicted molar refractivity (Wildman–Crippen MR) is 73.5 cm³/mol. The molecule has 3 rings (SSSR count). The molecular formula is C13H16N4O2S. The quantitative estimate of drug-likeness (QED) is 0.875. The van der Waals surface area contributed by atoms with E-state index in [0.29, 0.717) is 31.2 Å². The molecule has 0 bridgehead atoms. The van der Waals surface area contributed by atoms with E-state index in [1.165, 1.54) is 0 Å². The monoisotopic (exact) mass is 292 g/mol. The molecule has 2 aromatic rings. The Hall–Kier alpha value is -1.76. The van der Waals surface area contributed by atoms with Crippen LogP contribution in [0.5, 0.6) is 0 Å². The molecule has 0 aliphatic heterocycles. The third kappa shape index (κ3) is 3.41. The smallest absolute Gasteiger partial charge is 0.228 e. The van der Waals surface area contributed by atoms with E-state index in [2.05, 4.69) is 20.4 Å². The number of hydrogen-bond acceptors (Lipinski definition) is 6. The molecule has 1 aliphatic carbocycles. The number of nitrogens with one attached hydrogen (secondary N) is 1. The molecule has 0 atom stereocenters. The predicted octanol–water partition coefficient (Wildman–Crippen LogP) is 1.61. The van der Waals surface area contributed by atoms with Gasteiger partial charge in [0.05, 0.1) is 17.1 Å². The first-order chi connectivity index (χ1) is 9.70. The van der Waals surface area contributed by atoms with Gasteiger partial charge in [-0.05, 0) is 19.8 Å². The molecular weight excluding hydrogens is 276 g/mol. The van der Waals surface area contributed by atoms with E-state index < -0.39 is 0 Å². The second-order valence-electron chi connectivity index (χ2n) is 4.96. The normalized spacial score (nSPS) is 14.4. The number of thiazole rings is 1. The van der Waals surface area contributed by atoms with Gasteiger partial charge in [0.2, 0.25) is 11.8 Å². The van der Waals surface area contributed by atoms with Crippen LogP contribution in [0.2, 0.25) is 0 Å². The molecule has 20 heavy (non-hydrogen) atoms. The van der Waals surface area contributed by atoms with Gasteiger partial charge in [0, 0.05) is 24.3 Å². The van der Waals surface area contributed by atoms with Crippen molar-refractivity contribution in [1.29, 1.82) is 0 Å². The van der Waals surface area contributed by atoms with Crippen LogP contribution in [0.25, 0.3) is 0 Å². The number of amides is 1. The second-order valence-corrected chi connectivity index (χ2v) is 6.02. The fourth-order valence-electron chi connectivity index (χ4n) is 1.90. The average Bonchev–Trinajstić information content (AvgIpc) is 3.03. The second kappa shape index (κ2) is 5.70. The minimum Gasteiger partial charge on any atom is -0.355 e. The van der Waals surface area contributed by atoms with Crippen LogP contribution in [-0.4, -0.2) is 27.6 Å². The molecule has 0 unspecified atom stereocenters. The lowest BCUT2D eigenvalue weighted by Gasteiger charge is -2.01. The molecule has 0 saturated heterocycles. The zero-order valence-corrected chi connectivity index (χ0v) is 12.1. The van der Waals surface area contributed by atoms with Gasteiger partial charge < -0.3 is 9.84 Å². The lowest BCUT2D eigenvalue weighted by atomic mass is 10.3. The number of hydrogen-bond donors (Lipinski definition) is 1. The summed E-state index contributed by atoms with van der Waals surface area (Å²) in [4.78, 5) is 20.3. The number of carbonyl (C=O) groups excluding carboxylic acids is 1. The molecule has 106 valence electrons. The highest BCUT2D eigenvalue weighted by Gasteiger charge is 2.28. The first-order valence-electron chi connectivity index (χ1n) is 6.71. The van der Waals surface area contributed by atoms with E-state index in [1.807, 2.05) is 12.3 Å². The summed E-state index contributed by atoms with van der Waals surface area (Å²) in [5.74, 6) is 1.87. The Morgan fingerprint density at radius 2 is 2.35 bits per heavy atom. The van der Waals surface area contributed by atoms with Gasteiger partial charge in [0.25, 0.3) is 0 Å².